The molecule has 0 saturated carbocycles. The number of halogens is 1. The first kappa shape index (κ1) is 9.66. The van der Waals surface area contributed by atoms with Crippen molar-refractivity contribution in [3.05, 3.63) is 39.6 Å². The highest BCUT2D eigenvalue weighted by atomic mass is 79.9. The van der Waals surface area contributed by atoms with Gasteiger partial charge in [0.1, 0.15) is 0 Å². The van der Waals surface area contributed by atoms with Crippen molar-refractivity contribution in [2.75, 3.05) is 0 Å². The van der Waals surface area contributed by atoms with E-state index in [1.54, 1.807) is 0 Å². The Balaban J connectivity index is 2.92. The summed E-state index contributed by atoms with van der Waals surface area (Å²) in [6, 6.07) is 4.30. The number of aromatic nitrogens is 1. The molecule has 14 heavy (non-hydrogen) atoms. The van der Waals surface area contributed by atoms with Crippen molar-refractivity contribution in [1.82, 2.24) is 4.98 Å². The first-order chi connectivity index (χ1) is 6.59. The van der Waals surface area contributed by atoms with Gasteiger partial charge in [-0.25, -0.2) is 0 Å². The molecule has 1 aromatic heterocycles. The van der Waals surface area contributed by atoms with Crippen LogP contribution in [0.15, 0.2) is 22.8 Å². The van der Waals surface area contributed by atoms with Crippen LogP contribution in [0.1, 0.15) is 16.8 Å². The van der Waals surface area contributed by atoms with Gasteiger partial charge in [0.25, 0.3) is 0 Å². The number of hydrogen-bond donors (Lipinski definition) is 0. The number of fused-ring (bicyclic) bond motifs is 1. The largest absolute Gasteiger partial charge is 0.261 e. The van der Waals surface area contributed by atoms with Crippen molar-refractivity contribution in [3.63, 3.8) is 0 Å². The molecule has 1 heterocycles. The van der Waals surface area contributed by atoms with Crippen molar-refractivity contribution in [2.45, 2.75) is 20.8 Å². The minimum absolute atomic E-state index is 1.06. The summed E-state index contributed by atoms with van der Waals surface area (Å²) in [6.45, 7) is 6.27. The molecule has 0 atom stereocenters. The molecule has 0 aliphatic rings. The van der Waals surface area contributed by atoms with Crippen LogP contribution in [0.4, 0.5) is 0 Å². The fourth-order valence-corrected chi connectivity index (χ4v) is 2.25. The average Bonchev–Trinajstić information content (AvgIpc) is 2.16. The third kappa shape index (κ3) is 1.44. The number of rotatable bonds is 0. The van der Waals surface area contributed by atoms with Crippen LogP contribution in [-0.4, -0.2) is 4.98 Å². The lowest BCUT2D eigenvalue weighted by molar-refractivity contribution is 1.22. The van der Waals surface area contributed by atoms with E-state index in [4.69, 9.17) is 0 Å². The van der Waals surface area contributed by atoms with Gasteiger partial charge in [0.2, 0.25) is 0 Å². The highest BCUT2D eigenvalue weighted by Gasteiger charge is 2.05. The highest BCUT2D eigenvalue weighted by molar-refractivity contribution is 9.10. The second kappa shape index (κ2) is 3.35. The van der Waals surface area contributed by atoms with Gasteiger partial charge in [-0.05, 0) is 65.3 Å². The first-order valence-electron chi connectivity index (χ1n) is 4.61. The quantitative estimate of drug-likeness (QED) is 0.690. The molecule has 2 aromatic rings. The maximum absolute atomic E-state index is 4.30. The standard InChI is InChI=1S/C12H12BrN/c1-7-4-10-6-14-8(2)5-11(10)12(13)9(7)3/h4-6H,1-3H3. The molecule has 0 fully saturated rings. The number of pyridine rings is 1. The highest BCUT2D eigenvalue weighted by Crippen LogP contribution is 2.29. The maximum atomic E-state index is 4.30. The predicted octanol–water partition coefficient (Wildman–Crippen LogP) is 3.92. The lowest BCUT2D eigenvalue weighted by atomic mass is 10.0. The van der Waals surface area contributed by atoms with E-state index in [0.717, 1.165) is 5.69 Å². The van der Waals surface area contributed by atoms with E-state index in [-0.39, 0.29) is 0 Å². The Kier molecular flexibility index (Phi) is 2.31. The van der Waals surface area contributed by atoms with Crippen LogP contribution in [0.2, 0.25) is 0 Å². The molecule has 0 radical (unpaired) electrons. The van der Waals surface area contributed by atoms with Gasteiger partial charge in [-0.1, -0.05) is 0 Å². The lowest BCUT2D eigenvalue weighted by Crippen LogP contribution is -1.88. The summed E-state index contributed by atoms with van der Waals surface area (Å²) < 4.78 is 1.19. The zero-order chi connectivity index (χ0) is 10.3. The van der Waals surface area contributed by atoms with E-state index < -0.39 is 0 Å². The van der Waals surface area contributed by atoms with Crippen LogP contribution >= 0.6 is 15.9 Å². The molecule has 0 unspecified atom stereocenters. The third-order valence-corrected chi connectivity index (χ3v) is 3.62. The van der Waals surface area contributed by atoms with Crippen LogP contribution in [-0.2, 0) is 0 Å². The first-order valence-corrected chi connectivity index (χ1v) is 5.41. The van der Waals surface area contributed by atoms with Gasteiger partial charge in [0, 0.05) is 21.7 Å². The number of nitrogens with zero attached hydrogens (tertiary/aromatic N) is 1. The zero-order valence-electron chi connectivity index (χ0n) is 8.56. The van der Waals surface area contributed by atoms with Crippen molar-refractivity contribution in [2.24, 2.45) is 0 Å². The molecular weight excluding hydrogens is 238 g/mol. The lowest BCUT2D eigenvalue weighted by Gasteiger charge is -2.08. The number of aryl methyl sites for hydroxylation is 2. The molecule has 0 N–H and O–H groups in total. The summed E-state index contributed by atoms with van der Waals surface area (Å²) in [5.41, 5.74) is 3.67. The second-order valence-electron chi connectivity index (χ2n) is 3.68. The molecular formula is C12H12BrN. The minimum atomic E-state index is 1.06. The summed E-state index contributed by atoms with van der Waals surface area (Å²) >= 11 is 3.64. The van der Waals surface area contributed by atoms with E-state index in [2.05, 4.69) is 46.9 Å². The molecule has 0 saturated heterocycles. The van der Waals surface area contributed by atoms with Crippen LogP contribution in [0, 0.1) is 20.8 Å². The van der Waals surface area contributed by atoms with Gasteiger partial charge in [-0.3, -0.25) is 4.98 Å². The van der Waals surface area contributed by atoms with E-state index >= 15 is 0 Å². The number of benzene rings is 1. The van der Waals surface area contributed by atoms with Gasteiger partial charge in [0.15, 0.2) is 0 Å². The Hall–Kier alpha value is -0.890. The minimum Gasteiger partial charge on any atom is -0.261 e. The fraction of sp³-hybridized carbons (Fsp3) is 0.250. The predicted molar refractivity (Wildman–Crippen MR) is 63.7 cm³/mol. The number of hydrogen-bond acceptors (Lipinski definition) is 1. The Morgan fingerprint density at radius 3 is 2.57 bits per heavy atom. The second-order valence-corrected chi connectivity index (χ2v) is 4.47. The van der Waals surface area contributed by atoms with E-state index in [1.165, 1.54) is 26.4 Å². The van der Waals surface area contributed by atoms with E-state index in [9.17, 15) is 0 Å². The van der Waals surface area contributed by atoms with Crippen molar-refractivity contribution in [1.29, 1.82) is 0 Å². The smallest absolute Gasteiger partial charge is 0.0379 e. The van der Waals surface area contributed by atoms with E-state index in [1.807, 2.05) is 13.1 Å². The molecule has 0 aliphatic heterocycles. The van der Waals surface area contributed by atoms with Crippen molar-refractivity contribution >= 4 is 26.7 Å². The summed E-state index contributed by atoms with van der Waals surface area (Å²) in [6.07, 6.45) is 1.93. The SMILES string of the molecule is Cc1cc2c(Br)c(C)c(C)cc2cn1. The Bertz CT molecular complexity index is 503. The average molecular weight is 250 g/mol. The Morgan fingerprint density at radius 1 is 1.14 bits per heavy atom. The Labute approximate surface area is 92.3 Å². The summed E-state index contributed by atoms with van der Waals surface area (Å²) in [4.78, 5) is 4.30. The van der Waals surface area contributed by atoms with Crippen molar-refractivity contribution < 1.29 is 0 Å². The molecule has 2 heteroatoms. The normalized spacial score (nSPS) is 10.9. The molecule has 0 bridgehead atoms. The Morgan fingerprint density at radius 2 is 1.86 bits per heavy atom. The van der Waals surface area contributed by atoms with E-state index in [0.29, 0.717) is 0 Å². The molecule has 0 aliphatic carbocycles. The van der Waals surface area contributed by atoms with Gasteiger partial charge >= 0.3 is 0 Å². The van der Waals surface area contributed by atoms with Gasteiger partial charge in [-0.15, -0.1) is 0 Å². The van der Waals surface area contributed by atoms with Gasteiger partial charge in [-0.2, -0.15) is 0 Å². The van der Waals surface area contributed by atoms with Gasteiger partial charge < -0.3 is 0 Å². The van der Waals surface area contributed by atoms with Crippen LogP contribution in [0.25, 0.3) is 10.8 Å². The van der Waals surface area contributed by atoms with Gasteiger partial charge in [0.05, 0.1) is 0 Å². The van der Waals surface area contributed by atoms with Crippen LogP contribution in [0.5, 0.6) is 0 Å². The topological polar surface area (TPSA) is 12.9 Å². The maximum Gasteiger partial charge on any atom is 0.0379 e. The molecule has 72 valence electrons. The summed E-state index contributed by atoms with van der Waals surface area (Å²) in [7, 11) is 0. The third-order valence-electron chi connectivity index (χ3n) is 2.60. The van der Waals surface area contributed by atoms with Crippen molar-refractivity contribution in [3.8, 4) is 0 Å². The summed E-state index contributed by atoms with van der Waals surface area (Å²) in [5, 5.41) is 2.45. The molecule has 0 amide bonds. The molecule has 0 spiro atoms. The fourth-order valence-electron chi connectivity index (χ4n) is 1.59. The summed E-state index contributed by atoms with van der Waals surface area (Å²) in [5.74, 6) is 0. The monoisotopic (exact) mass is 249 g/mol. The van der Waals surface area contributed by atoms with Crippen LogP contribution < -0.4 is 0 Å². The molecule has 1 nitrogen and oxygen atoms in total. The molecule has 1 aromatic carbocycles. The zero-order valence-corrected chi connectivity index (χ0v) is 10.1. The van der Waals surface area contributed by atoms with Crippen LogP contribution in [0.3, 0.4) is 0 Å². The molecule has 2 rings (SSSR count).